The summed E-state index contributed by atoms with van der Waals surface area (Å²) in [5, 5.41) is 19.3. The quantitative estimate of drug-likeness (QED) is 0.782. The molecule has 0 saturated heterocycles. The molecule has 2 atom stereocenters. The van der Waals surface area contributed by atoms with Gasteiger partial charge in [0.1, 0.15) is 5.75 Å². The average Bonchev–Trinajstić information content (AvgIpc) is 2.16. The summed E-state index contributed by atoms with van der Waals surface area (Å²) < 4.78 is 0. The van der Waals surface area contributed by atoms with E-state index in [2.05, 4.69) is 0 Å². The van der Waals surface area contributed by atoms with E-state index in [1.807, 2.05) is 20.8 Å². The predicted octanol–water partition coefficient (Wildman–Crippen LogP) is 2.61. The third-order valence-corrected chi connectivity index (χ3v) is 2.84. The Hall–Kier alpha value is -0.770. The van der Waals surface area contributed by atoms with E-state index >= 15 is 0 Å². The van der Waals surface area contributed by atoms with Crippen LogP contribution < -0.4 is 5.73 Å². The molecule has 0 fully saturated rings. The standard InChI is InChI=1S/C13H21NO2.ClH/c1-13(2,3)12(14)8-11(16)9-5-4-6-10(15)7-9;/h4-7,11-12,15-16H,8,14H2,1-3H3;1H/t11-,12-;/m1./s1. The van der Waals surface area contributed by atoms with Gasteiger partial charge in [-0.05, 0) is 29.5 Å². The highest BCUT2D eigenvalue weighted by molar-refractivity contribution is 5.85. The number of aliphatic hydroxyl groups excluding tert-OH is 1. The first-order valence-electron chi connectivity index (χ1n) is 5.53. The zero-order chi connectivity index (χ0) is 12.3. The molecule has 0 spiro atoms. The van der Waals surface area contributed by atoms with Gasteiger partial charge in [0.15, 0.2) is 0 Å². The summed E-state index contributed by atoms with van der Waals surface area (Å²) in [6.07, 6.45) is -0.131. The van der Waals surface area contributed by atoms with E-state index in [9.17, 15) is 10.2 Å². The molecule has 0 amide bonds. The molecule has 0 heterocycles. The highest BCUT2D eigenvalue weighted by atomic mass is 35.5. The van der Waals surface area contributed by atoms with Gasteiger partial charge >= 0.3 is 0 Å². The smallest absolute Gasteiger partial charge is 0.115 e. The molecule has 98 valence electrons. The van der Waals surface area contributed by atoms with Gasteiger partial charge in [0.2, 0.25) is 0 Å². The first-order valence-corrected chi connectivity index (χ1v) is 5.53. The van der Waals surface area contributed by atoms with Crippen molar-refractivity contribution in [3.63, 3.8) is 0 Å². The Bertz CT molecular complexity index is 350. The molecule has 1 aromatic carbocycles. The van der Waals surface area contributed by atoms with Crippen LogP contribution in [-0.4, -0.2) is 16.3 Å². The van der Waals surface area contributed by atoms with Crippen LogP contribution in [0.2, 0.25) is 0 Å². The number of benzene rings is 1. The van der Waals surface area contributed by atoms with Crippen molar-refractivity contribution in [2.75, 3.05) is 0 Å². The molecule has 0 radical (unpaired) electrons. The van der Waals surface area contributed by atoms with E-state index in [0.29, 0.717) is 12.0 Å². The second-order valence-corrected chi connectivity index (χ2v) is 5.32. The predicted molar refractivity (Wildman–Crippen MR) is 72.4 cm³/mol. The van der Waals surface area contributed by atoms with Crippen molar-refractivity contribution in [2.24, 2.45) is 11.1 Å². The molecule has 0 bridgehead atoms. The minimum Gasteiger partial charge on any atom is -0.508 e. The topological polar surface area (TPSA) is 66.5 Å². The number of rotatable bonds is 3. The van der Waals surface area contributed by atoms with Gasteiger partial charge in [0.05, 0.1) is 6.10 Å². The number of nitrogens with two attached hydrogens (primary N) is 1. The second-order valence-electron chi connectivity index (χ2n) is 5.32. The van der Waals surface area contributed by atoms with Crippen LogP contribution in [-0.2, 0) is 0 Å². The molecule has 0 aliphatic carbocycles. The number of halogens is 1. The largest absolute Gasteiger partial charge is 0.508 e. The Morgan fingerprint density at radius 1 is 1.29 bits per heavy atom. The SMILES string of the molecule is CC(C)(C)[C@H](N)C[C@@H](O)c1cccc(O)c1.Cl. The van der Waals surface area contributed by atoms with E-state index in [1.54, 1.807) is 24.3 Å². The maximum Gasteiger partial charge on any atom is 0.115 e. The van der Waals surface area contributed by atoms with Crippen LogP contribution in [0.3, 0.4) is 0 Å². The first-order chi connectivity index (χ1) is 7.30. The molecule has 4 heteroatoms. The van der Waals surface area contributed by atoms with Crippen molar-refractivity contribution < 1.29 is 10.2 Å². The molecule has 0 unspecified atom stereocenters. The van der Waals surface area contributed by atoms with Crippen molar-refractivity contribution in [1.82, 2.24) is 0 Å². The average molecular weight is 260 g/mol. The third kappa shape index (κ3) is 4.94. The van der Waals surface area contributed by atoms with Crippen LogP contribution in [0, 0.1) is 5.41 Å². The molecule has 1 aromatic rings. The normalized spacial score (nSPS) is 14.9. The van der Waals surface area contributed by atoms with Crippen LogP contribution in [0.4, 0.5) is 0 Å². The van der Waals surface area contributed by atoms with Gasteiger partial charge in [-0.25, -0.2) is 0 Å². The number of aromatic hydroxyl groups is 1. The number of hydrogen-bond acceptors (Lipinski definition) is 3. The Kier molecular flexibility index (Phi) is 5.96. The van der Waals surface area contributed by atoms with E-state index in [-0.39, 0.29) is 29.6 Å². The number of hydrogen-bond donors (Lipinski definition) is 3. The third-order valence-electron chi connectivity index (χ3n) is 2.84. The Labute approximate surface area is 109 Å². The molecule has 0 aliphatic rings. The molecular weight excluding hydrogens is 238 g/mol. The van der Waals surface area contributed by atoms with Crippen molar-refractivity contribution in [3.05, 3.63) is 29.8 Å². The van der Waals surface area contributed by atoms with Gasteiger partial charge in [0, 0.05) is 6.04 Å². The molecule has 0 aromatic heterocycles. The van der Waals surface area contributed by atoms with Gasteiger partial charge in [-0.15, -0.1) is 12.4 Å². The fourth-order valence-corrected chi connectivity index (χ4v) is 1.46. The summed E-state index contributed by atoms with van der Waals surface area (Å²) in [4.78, 5) is 0. The number of phenols is 1. The number of aliphatic hydroxyl groups is 1. The maximum atomic E-state index is 9.99. The zero-order valence-corrected chi connectivity index (χ0v) is 11.4. The fraction of sp³-hybridized carbons (Fsp3) is 0.538. The van der Waals surface area contributed by atoms with Crippen LogP contribution in [0.25, 0.3) is 0 Å². The van der Waals surface area contributed by atoms with Crippen LogP contribution >= 0.6 is 12.4 Å². The zero-order valence-electron chi connectivity index (χ0n) is 10.6. The van der Waals surface area contributed by atoms with Crippen LogP contribution in [0.5, 0.6) is 5.75 Å². The molecule has 17 heavy (non-hydrogen) atoms. The van der Waals surface area contributed by atoms with E-state index in [1.165, 1.54) is 0 Å². The molecule has 3 nitrogen and oxygen atoms in total. The Balaban J connectivity index is 0.00000256. The van der Waals surface area contributed by atoms with Crippen molar-refractivity contribution in [1.29, 1.82) is 0 Å². The summed E-state index contributed by atoms with van der Waals surface area (Å²) in [5.41, 5.74) is 6.68. The Morgan fingerprint density at radius 3 is 2.35 bits per heavy atom. The summed E-state index contributed by atoms with van der Waals surface area (Å²) >= 11 is 0. The second kappa shape index (κ2) is 6.24. The number of phenolic OH excluding ortho intramolecular Hbond substituents is 1. The maximum absolute atomic E-state index is 9.99. The van der Waals surface area contributed by atoms with Crippen molar-refractivity contribution in [3.8, 4) is 5.75 Å². The van der Waals surface area contributed by atoms with Crippen molar-refractivity contribution in [2.45, 2.75) is 39.3 Å². The lowest BCUT2D eigenvalue weighted by atomic mass is 9.83. The van der Waals surface area contributed by atoms with E-state index < -0.39 is 6.10 Å². The van der Waals surface area contributed by atoms with Gasteiger partial charge in [0.25, 0.3) is 0 Å². The lowest BCUT2D eigenvalue weighted by Crippen LogP contribution is -2.36. The highest BCUT2D eigenvalue weighted by Crippen LogP contribution is 2.27. The van der Waals surface area contributed by atoms with Gasteiger partial charge in [-0.3, -0.25) is 0 Å². The Morgan fingerprint density at radius 2 is 1.88 bits per heavy atom. The van der Waals surface area contributed by atoms with Crippen LogP contribution in [0.15, 0.2) is 24.3 Å². The fourth-order valence-electron chi connectivity index (χ4n) is 1.46. The molecule has 0 aliphatic heterocycles. The molecular formula is C13H22ClNO2. The molecule has 0 saturated carbocycles. The van der Waals surface area contributed by atoms with Crippen molar-refractivity contribution >= 4 is 12.4 Å². The van der Waals surface area contributed by atoms with Gasteiger partial charge in [-0.2, -0.15) is 0 Å². The lowest BCUT2D eigenvalue weighted by molar-refractivity contribution is 0.133. The summed E-state index contributed by atoms with van der Waals surface area (Å²) in [6, 6.07) is 6.58. The summed E-state index contributed by atoms with van der Waals surface area (Å²) in [5.74, 6) is 0.167. The monoisotopic (exact) mass is 259 g/mol. The van der Waals surface area contributed by atoms with Gasteiger partial charge < -0.3 is 15.9 Å². The van der Waals surface area contributed by atoms with Crippen LogP contribution in [0.1, 0.15) is 38.9 Å². The van der Waals surface area contributed by atoms with E-state index in [0.717, 1.165) is 0 Å². The summed E-state index contributed by atoms with van der Waals surface area (Å²) in [7, 11) is 0. The minimum atomic E-state index is -0.624. The molecule has 4 N–H and O–H groups in total. The molecule has 1 rings (SSSR count). The lowest BCUT2D eigenvalue weighted by Gasteiger charge is -2.29. The van der Waals surface area contributed by atoms with Gasteiger partial charge in [-0.1, -0.05) is 32.9 Å². The minimum absolute atomic E-state index is 0. The highest BCUT2D eigenvalue weighted by Gasteiger charge is 2.23. The first kappa shape index (κ1) is 16.2. The van der Waals surface area contributed by atoms with E-state index in [4.69, 9.17) is 5.73 Å². The summed E-state index contributed by atoms with van der Waals surface area (Å²) in [6.45, 7) is 6.15.